The Kier molecular flexibility index (Phi) is 11.5. The highest BCUT2D eigenvalue weighted by atomic mass is 35.5. The summed E-state index contributed by atoms with van der Waals surface area (Å²) in [7, 11) is 0. The number of anilines is 1. The molecule has 0 unspecified atom stereocenters. The summed E-state index contributed by atoms with van der Waals surface area (Å²) in [5.41, 5.74) is -1.17. The first-order valence-electron chi connectivity index (χ1n) is 14.3. The van der Waals surface area contributed by atoms with Crippen LogP contribution in [0.25, 0.3) is 0 Å². The third kappa shape index (κ3) is 9.21. The quantitative estimate of drug-likeness (QED) is 0.229. The van der Waals surface area contributed by atoms with Crippen molar-refractivity contribution in [2.45, 2.75) is 44.1 Å². The van der Waals surface area contributed by atoms with Gasteiger partial charge in [-0.2, -0.15) is 0 Å². The Hall–Kier alpha value is -2.57. The van der Waals surface area contributed by atoms with Crippen molar-refractivity contribution >= 4 is 23.5 Å². The minimum absolute atomic E-state index is 0.0108. The van der Waals surface area contributed by atoms with Gasteiger partial charge in [0.1, 0.15) is 17.2 Å². The predicted molar refractivity (Wildman–Crippen MR) is 153 cm³/mol. The van der Waals surface area contributed by atoms with Gasteiger partial charge in [-0.15, -0.1) is 0 Å². The topological polar surface area (TPSA) is 131 Å². The van der Waals surface area contributed by atoms with Gasteiger partial charge >= 0.3 is 0 Å². The van der Waals surface area contributed by atoms with Gasteiger partial charge < -0.3 is 35.2 Å². The standard InChI is InChI=1S/C29H41ClFN5O5/c30-24-14-33-28(34-15-24)35-9-6-21(7-10-35)2-1-11-41-25-4-3-23(26(31)13-25)12-27(39)36-16-22(17-36)5-8-32-18-29(40,19-37)20-38/h3-4,13-15,21-22,32,37-38,40H,1-2,5-12,16-20H2. The van der Waals surface area contributed by atoms with Gasteiger partial charge in [0.2, 0.25) is 11.9 Å². The summed E-state index contributed by atoms with van der Waals surface area (Å²) in [6, 6.07) is 4.71. The van der Waals surface area contributed by atoms with Gasteiger partial charge in [0.25, 0.3) is 0 Å². The number of hydrogen-bond donors (Lipinski definition) is 4. The van der Waals surface area contributed by atoms with Crippen LogP contribution in [0.15, 0.2) is 30.6 Å². The van der Waals surface area contributed by atoms with E-state index in [1.165, 1.54) is 6.07 Å². The third-order valence-corrected chi connectivity index (χ3v) is 8.17. The van der Waals surface area contributed by atoms with E-state index in [9.17, 15) is 14.3 Å². The van der Waals surface area contributed by atoms with Crippen molar-refractivity contribution in [3.63, 3.8) is 0 Å². The number of hydrogen-bond acceptors (Lipinski definition) is 9. The van der Waals surface area contributed by atoms with E-state index in [1.54, 1.807) is 29.4 Å². The van der Waals surface area contributed by atoms with Gasteiger partial charge in [0, 0.05) is 38.8 Å². The second kappa shape index (κ2) is 15.1. The molecule has 0 saturated carbocycles. The second-order valence-electron chi connectivity index (χ2n) is 11.2. The van der Waals surface area contributed by atoms with Crippen LogP contribution in [0.2, 0.25) is 5.02 Å². The highest BCUT2D eigenvalue weighted by Gasteiger charge is 2.31. The lowest BCUT2D eigenvalue weighted by Crippen LogP contribution is -2.52. The molecular weight excluding hydrogens is 553 g/mol. The number of nitrogens with zero attached hydrogens (tertiary/aromatic N) is 4. The molecule has 3 heterocycles. The lowest BCUT2D eigenvalue weighted by Gasteiger charge is -2.39. The van der Waals surface area contributed by atoms with E-state index in [4.69, 9.17) is 26.6 Å². The Morgan fingerprint density at radius 3 is 2.49 bits per heavy atom. The Labute approximate surface area is 245 Å². The van der Waals surface area contributed by atoms with Crippen molar-refractivity contribution in [3.8, 4) is 5.75 Å². The molecule has 2 aliphatic heterocycles. The van der Waals surface area contributed by atoms with Crippen LogP contribution in [0.1, 0.15) is 37.7 Å². The number of nitrogens with one attached hydrogen (secondary N) is 1. The second-order valence-corrected chi connectivity index (χ2v) is 11.7. The largest absolute Gasteiger partial charge is 0.493 e. The molecule has 2 aliphatic rings. The van der Waals surface area contributed by atoms with Crippen molar-refractivity contribution in [1.82, 2.24) is 20.2 Å². The molecule has 0 atom stereocenters. The summed E-state index contributed by atoms with van der Waals surface area (Å²) in [6.07, 6.45) is 8.12. The first-order valence-corrected chi connectivity index (χ1v) is 14.7. The Bertz CT molecular complexity index is 1110. The maximum Gasteiger partial charge on any atom is 0.227 e. The van der Waals surface area contributed by atoms with Crippen molar-refractivity contribution in [1.29, 1.82) is 0 Å². The number of likely N-dealkylation sites (tertiary alicyclic amines) is 1. The summed E-state index contributed by atoms with van der Waals surface area (Å²) in [5.74, 6) is 1.59. The lowest BCUT2D eigenvalue weighted by atomic mass is 9.92. The summed E-state index contributed by atoms with van der Waals surface area (Å²) in [6.45, 7) is 3.22. The molecule has 41 heavy (non-hydrogen) atoms. The average Bonchev–Trinajstić information content (AvgIpc) is 2.96. The number of carbonyl (C=O) groups excluding carboxylic acids is 1. The number of aliphatic hydroxyl groups is 3. The van der Waals surface area contributed by atoms with Crippen LogP contribution in [0.4, 0.5) is 10.3 Å². The molecule has 2 saturated heterocycles. The molecule has 1 aromatic carbocycles. The van der Waals surface area contributed by atoms with Crippen LogP contribution in [0, 0.1) is 17.7 Å². The average molecular weight is 594 g/mol. The molecule has 226 valence electrons. The number of halogens is 2. The smallest absolute Gasteiger partial charge is 0.227 e. The van der Waals surface area contributed by atoms with Gasteiger partial charge in [-0.3, -0.25) is 4.79 Å². The van der Waals surface area contributed by atoms with E-state index in [2.05, 4.69) is 20.2 Å². The van der Waals surface area contributed by atoms with Crippen LogP contribution in [0.5, 0.6) is 5.75 Å². The van der Waals surface area contributed by atoms with Gasteiger partial charge in [0.05, 0.1) is 43.7 Å². The van der Waals surface area contributed by atoms with E-state index in [-0.39, 0.29) is 18.9 Å². The van der Waals surface area contributed by atoms with Crippen molar-refractivity contribution in [3.05, 3.63) is 47.0 Å². The summed E-state index contributed by atoms with van der Waals surface area (Å²) in [5, 5.41) is 31.6. The number of aromatic nitrogens is 2. The number of ether oxygens (including phenoxy) is 1. The summed E-state index contributed by atoms with van der Waals surface area (Å²) >= 11 is 5.87. The maximum atomic E-state index is 14.7. The van der Waals surface area contributed by atoms with Crippen LogP contribution < -0.4 is 15.0 Å². The van der Waals surface area contributed by atoms with Crippen molar-refractivity contribution in [2.24, 2.45) is 11.8 Å². The maximum absolute atomic E-state index is 14.7. The van der Waals surface area contributed by atoms with Crippen LogP contribution in [-0.4, -0.2) is 101 Å². The fourth-order valence-electron chi connectivity index (χ4n) is 5.23. The molecule has 0 bridgehead atoms. The molecule has 0 aliphatic carbocycles. The molecular formula is C29H41ClFN5O5. The van der Waals surface area contributed by atoms with Crippen LogP contribution in [-0.2, 0) is 11.2 Å². The summed E-state index contributed by atoms with van der Waals surface area (Å²) < 4.78 is 20.5. The highest BCUT2D eigenvalue weighted by Crippen LogP contribution is 2.26. The number of rotatable bonds is 15. The number of aliphatic hydroxyl groups excluding tert-OH is 2. The molecule has 4 rings (SSSR count). The normalized spacial score (nSPS) is 16.6. The molecule has 1 amide bonds. The van der Waals surface area contributed by atoms with Crippen molar-refractivity contribution < 1.29 is 29.2 Å². The minimum atomic E-state index is -1.53. The summed E-state index contributed by atoms with van der Waals surface area (Å²) in [4.78, 5) is 25.1. The Balaban J connectivity index is 1.08. The number of piperidine rings is 1. The molecule has 2 aromatic rings. The molecule has 10 nitrogen and oxygen atoms in total. The zero-order chi connectivity index (χ0) is 29.2. The number of carbonyl (C=O) groups is 1. The molecule has 0 spiro atoms. The van der Waals surface area contributed by atoms with Crippen LogP contribution >= 0.6 is 11.6 Å². The number of amides is 1. The zero-order valence-corrected chi connectivity index (χ0v) is 24.1. The van der Waals surface area contributed by atoms with Gasteiger partial charge in [-0.1, -0.05) is 17.7 Å². The van der Waals surface area contributed by atoms with Crippen molar-refractivity contribution in [2.75, 3.05) is 64.0 Å². The fourth-order valence-corrected chi connectivity index (χ4v) is 5.33. The molecule has 12 heteroatoms. The van der Waals surface area contributed by atoms with E-state index < -0.39 is 24.6 Å². The zero-order valence-electron chi connectivity index (χ0n) is 23.4. The predicted octanol–water partition coefficient (Wildman–Crippen LogP) is 2.04. The first-order chi connectivity index (χ1) is 19.8. The molecule has 4 N–H and O–H groups in total. The molecule has 2 fully saturated rings. The van der Waals surface area contributed by atoms with E-state index in [0.29, 0.717) is 54.4 Å². The Morgan fingerprint density at radius 2 is 1.83 bits per heavy atom. The minimum Gasteiger partial charge on any atom is -0.493 e. The number of benzene rings is 1. The monoisotopic (exact) mass is 593 g/mol. The molecule has 1 aromatic heterocycles. The van der Waals surface area contributed by atoms with Gasteiger partial charge in [0.15, 0.2) is 0 Å². The van der Waals surface area contributed by atoms with E-state index in [1.807, 2.05) is 0 Å². The van der Waals surface area contributed by atoms with E-state index >= 15 is 0 Å². The SMILES string of the molecule is O=C(Cc1ccc(OCCCC2CCN(c3ncc(Cl)cn3)CC2)cc1F)N1CC(CCNCC(O)(CO)CO)C1. The highest BCUT2D eigenvalue weighted by molar-refractivity contribution is 6.30. The molecule has 0 radical (unpaired) electrons. The van der Waals surface area contributed by atoms with Crippen LogP contribution in [0.3, 0.4) is 0 Å². The third-order valence-electron chi connectivity index (χ3n) is 7.98. The fraction of sp³-hybridized carbons (Fsp3) is 0.621. The van der Waals surface area contributed by atoms with Gasteiger partial charge in [-0.05, 0) is 62.1 Å². The lowest BCUT2D eigenvalue weighted by molar-refractivity contribution is -0.136. The first kappa shape index (κ1) is 31.4. The Morgan fingerprint density at radius 1 is 1.12 bits per heavy atom. The van der Waals surface area contributed by atoms with Gasteiger partial charge in [-0.25, -0.2) is 14.4 Å². The van der Waals surface area contributed by atoms with E-state index in [0.717, 1.165) is 51.1 Å².